The third-order valence-electron chi connectivity index (χ3n) is 7.24. The van der Waals surface area contributed by atoms with Crippen molar-refractivity contribution < 1.29 is 37.2 Å². The van der Waals surface area contributed by atoms with Gasteiger partial charge in [0.05, 0.1) is 49.9 Å². The lowest BCUT2D eigenvalue weighted by molar-refractivity contribution is -0.137. The number of hydrogen-bond donors (Lipinski definition) is 4. The molecule has 5 rings (SSSR count). The average molecular weight is 674 g/mol. The van der Waals surface area contributed by atoms with Crippen LogP contribution in [0.25, 0.3) is 11.1 Å². The van der Waals surface area contributed by atoms with Crippen LogP contribution in [0.1, 0.15) is 40.9 Å². The third-order valence-corrected chi connectivity index (χ3v) is 8.95. The van der Waals surface area contributed by atoms with Gasteiger partial charge in [-0.1, -0.05) is 18.2 Å². The van der Waals surface area contributed by atoms with Gasteiger partial charge in [-0.3, -0.25) is 9.48 Å². The normalized spacial score (nSPS) is 13.7. The van der Waals surface area contributed by atoms with Gasteiger partial charge < -0.3 is 34.8 Å². The molecule has 47 heavy (non-hydrogen) atoms. The van der Waals surface area contributed by atoms with Crippen molar-refractivity contribution >= 4 is 37.4 Å². The van der Waals surface area contributed by atoms with Crippen molar-refractivity contribution in [2.24, 2.45) is 0 Å². The molecule has 0 aliphatic carbocycles. The Balaban J connectivity index is 1.43. The maximum absolute atomic E-state index is 14.1. The summed E-state index contributed by atoms with van der Waals surface area (Å²) in [5, 5.41) is 28.9. The van der Waals surface area contributed by atoms with Gasteiger partial charge in [-0.25, -0.2) is 4.98 Å². The van der Waals surface area contributed by atoms with E-state index in [2.05, 4.69) is 25.7 Å². The maximum Gasteiger partial charge on any atom is 0.421 e. The Morgan fingerprint density at radius 3 is 2.45 bits per heavy atom. The highest BCUT2D eigenvalue weighted by atomic mass is 31.2. The first-order valence-electron chi connectivity index (χ1n) is 14.8. The molecule has 4 aromatic rings. The number of aromatic nitrogens is 4. The maximum atomic E-state index is 14.1. The van der Waals surface area contributed by atoms with E-state index in [-0.39, 0.29) is 36.2 Å². The fourth-order valence-electron chi connectivity index (χ4n) is 5.07. The molecule has 1 unspecified atom stereocenters. The Morgan fingerprint density at radius 1 is 1.06 bits per heavy atom. The summed E-state index contributed by atoms with van der Waals surface area (Å²) in [4.78, 5) is 22.8. The summed E-state index contributed by atoms with van der Waals surface area (Å²) >= 11 is 0. The van der Waals surface area contributed by atoms with Crippen LogP contribution in [-0.2, 0) is 34.5 Å². The Kier molecular flexibility index (Phi) is 10.7. The number of benzene rings is 2. The SMILES string of the molecule is CCOP(Cc1ccc(Nc2ncc(C(F)(F)F)c(Nc3ccc(-c4cnn(CC(O)CO)c4)c4c3C(=O)N(C)C4)n2)cc1)OCC. The van der Waals surface area contributed by atoms with Crippen LogP contribution < -0.4 is 10.6 Å². The third kappa shape index (κ3) is 8.06. The molecule has 0 spiro atoms. The summed E-state index contributed by atoms with van der Waals surface area (Å²) in [6.07, 6.45) is -1.27. The highest BCUT2D eigenvalue weighted by Crippen LogP contribution is 2.43. The second-order valence-corrected chi connectivity index (χ2v) is 12.2. The molecule has 3 heterocycles. The van der Waals surface area contributed by atoms with E-state index in [9.17, 15) is 23.1 Å². The van der Waals surface area contributed by atoms with Crippen molar-refractivity contribution in [2.45, 2.75) is 45.4 Å². The predicted molar refractivity (Wildman–Crippen MR) is 170 cm³/mol. The minimum atomic E-state index is -4.78. The fourth-order valence-corrected chi connectivity index (χ4v) is 6.41. The number of hydrogen-bond acceptors (Lipinski definition) is 10. The smallest absolute Gasteiger partial charge is 0.394 e. The number of alkyl halides is 3. The lowest BCUT2D eigenvalue weighted by Crippen LogP contribution is -2.19. The molecule has 1 atom stereocenters. The molecule has 2 aromatic heterocycles. The van der Waals surface area contributed by atoms with Gasteiger partial charge in [0.25, 0.3) is 5.91 Å². The van der Waals surface area contributed by atoms with Gasteiger partial charge in [0.15, 0.2) is 8.38 Å². The molecule has 4 N–H and O–H groups in total. The topological polar surface area (TPSA) is 147 Å². The number of anilines is 4. The number of aliphatic hydroxyl groups excluding tert-OH is 2. The standard InChI is InChI=1S/C31H35F3N7O5P/c1-4-45-47(46-5-2)18-19-6-8-21(9-7-19)37-30-35-13-25(31(32,33)34)28(39-30)38-26-11-10-23(24-16-40(3)29(44)27(24)26)20-12-36-41(14-20)15-22(43)17-42/h6-14,22,42-43H,4-5,15-18H2,1-3H3,(H2,35,37,38,39). The Bertz CT molecular complexity index is 1700. The molecule has 0 saturated heterocycles. The van der Waals surface area contributed by atoms with Gasteiger partial charge in [-0.2, -0.15) is 23.3 Å². The number of aliphatic hydroxyl groups is 2. The van der Waals surface area contributed by atoms with Crippen molar-refractivity contribution in [2.75, 3.05) is 37.5 Å². The largest absolute Gasteiger partial charge is 0.421 e. The lowest BCUT2D eigenvalue weighted by Gasteiger charge is -2.17. The number of carbonyl (C=O) groups excluding carboxylic acids is 1. The van der Waals surface area contributed by atoms with Crippen LogP contribution in [0.15, 0.2) is 55.0 Å². The van der Waals surface area contributed by atoms with Crippen LogP contribution in [0, 0.1) is 0 Å². The van der Waals surface area contributed by atoms with Crippen LogP contribution in [0.3, 0.4) is 0 Å². The van der Waals surface area contributed by atoms with E-state index in [1.54, 1.807) is 37.6 Å². The summed E-state index contributed by atoms with van der Waals surface area (Å²) in [6.45, 7) is 4.73. The summed E-state index contributed by atoms with van der Waals surface area (Å²) < 4.78 is 55.1. The molecular weight excluding hydrogens is 638 g/mol. The molecule has 0 radical (unpaired) electrons. The van der Waals surface area contributed by atoms with Crippen LogP contribution in [0.4, 0.5) is 36.3 Å². The summed E-state index contributed by atoms with van der Waals surface area (Å²) in [5.41, 5.74) is 2.70. The van der Waals surface area contributed by atoms with E-state index >= 15 is 0 Å². The van der Waals surface area contributed by atoms with Crippen LogP contribution >= 0.6 is 8.38 Å². The average Bonchev–Trinajstić information content (AvgIpc) is 3.61. The van der Waals surface area contributed by atoms with Gasteiger partial charge in [-0.05, 0) is 48.7 Å². The highest BCUT2D eigenvalue weighted by molar-refractivity contribution is 7.46. The Labute approximate surface area is 270 Å². The van der Waals surface area contributed by atoms with Crippen molar-refractivity contribution in [1.29, 1.82) is 0 Å². The summed E-state index contributed by atoms with van der Waals surface area (Å²) in [7, 11) is 0.528. The van der Waals surface area contributed by atoms with E-state index in [4.69, 9.17) is 14.2 Å². The molecule has 0 fully saturated rings. The molecule has 2 aromatic carbocycles. The van der Waals surface area contributed by atoms with E-state index < -0.39 is 38.6 Å². The van der Waals surface area contributed by atoms with Crippen LogP contribution in [-0.4, -0.2) is 73.7 Å². The first-order chi connectivity index (χ1) is 22.5. The van der Waals surface area contributed by atoms with Gasteiger partial charge in [0, 0.05) is 43.4 Å². The van der Waals surface area contributed by atoms with Crippen molar-refractivity contribution in [3.63, 3.8) is 0 Å². The molecule has 1 aliphatic heterocycles. The molecule has 250 valence electrons. The van der Waals surface area contributed by atoms with E-state index in [0.29, 0.717) is 48.0 Å². The Hall–Kier alpha value is -4.14. The number of nitrogens with one attached hydrogen (secondary N) is 2. The van der Waals surface area contributed by atoms with Gasteiger partial charge in [-0.15, -0.1) is 0 Å². The lowest BCUT2D eigenvalue weighted by atomic mass is 9.97. The van der Waals surface area contributed by atoms with Crippen molar-refractivity contribution in [1.82, 2.24) is 24.6 Å². The molecule has 12 nitrogen and oxygen atoms in total. The summed E-state index contributed by atoms with van der Waals surface area (Å²) in [6, 6.07) is 10.5. The molecule has 0 bridgehead atoms. The van der Waals surface area contributed by atoms with Gasteiger partial charge in [0.1, 0.15) is 11.4 Å². The monoisotopic (exact) mass is 673 g/mol. The second-order valence-electron chi connectivity index (χ2n) is 10.7. The molecule has 16 heteroatoms. The van der Waals surface area contributed by atoms with E-state index in [0.717, 1.165) is 5.56 Å². The Morgan fingerprint density at radius 2 is 1.79 bits per heavy atom. The zero-order valence-electron chi connectivity index (χ0n) is 26.0. The van der Waals surface area contributed by atoms with Crippen LogP contribution in [0.2, 0.25) is 0 Å². The fraction of sp³-hybridized carbons (Fsp3) is 0.355. The number of amides is 1. The summed E-state index contributed by atoms with van der Waals surface area (Å²) in [5.74, 6) is -0.965. The van der Waals surface area contributed by atoms with E-state index in [1.165, 1.54) is 15.6 Å². The first-order valence-corrected chi connectivity index (χ1v) is 16.2. The number of rotatable bonds is 14. The highest BCUT2D eigenvalue weighted by Gasteiger charge is 2.37. The number of halogens is 3. The minimum Gasteiger partial charge on any atom is -0.394 e. The second kappa shape index (κ2) is 14.7. The van der Waals surface area contributed by atoms with Gasteiger partial charge >= 0.3 is 6.18 Å². The van der Waals surface area contributed by atoms with Crippen molar-refractivity contribution in [3.8, 4) is 11.1 Å². The molecular formula is C31H35F3N7O5P. The number of fused-ring (bicyclic) bond motifs is 1. The zero-order valence-corrected chi connectivity index (χ0v) is 26.8. The van der Waals surface area contributed by atoms with Gasteiger partial charge in [0.2, 0.25) is 5.95 Å². The number of carbonyl (C=O) groups is 1. The first kappa shape index (κ1) is 34.2. The quantitative estimate of drug-likeness (QED) is 0.124. The van der Waals surface area contributed by atoms with Crippen LogP contribution in [0.5, 0.6) is 0 Å². The zero-order chi connectivity index (χ0) is 33.7. The minimum absolute atomic E-state index is 0.0641. The predicted octanol–water partition coefficient (Wildman–Crippen LogP) is 5.67. The molecule has 1 aliphatic rings. The van der Waals surface area contributed by atoms with E-state index in [1.807, 2.05) is 26.0 Å². The molecule has 0 saturated carbocycles. The number of nitrogens with zero attached hydrogens (tertiary/aromatic N) is 5. The van der Waals surface area contributed by atoms with Crippen molar-refractivity contribution in [3.05, 3.63) is 77.2 Å². The molecule has 1 amide bonds.